The summed E-state index contributed by atoms with van der Waals surface area (Å²) in [5, 5.41) is 3.40. The zero-order valence-corrected chi connectivity index (χ0v) is 14.2. The normalized spacial score (nSPS) is 11.0. The van der Waals surface area contributed by atoms with E-state index < -0.39 is 0 Å². The molecule has 0 saturated carbocycles. The summed E-state index contributed by atoms with van der Waals surface area (Å²) in [6.07, 6.45) is 8.79. The molecule has 0 aromatic heterocycles. The van der Waals surface area contributed by atoms with Crippen LogP contribution in [0.15, 0.2) is 18.2 Å². The summed E-state index contributed by atoms with van der Waals surface area (Å²) in [4.78, 5) is 0. The summed E-state index contributed by atoms with van der Waals surface area (Å²) >= 11 is 0. The molecule has 21 heavy (non-hydrogen) atoms. The molecule has 0 unspecified atom stereocenters. The van der Waals surface area contributed by atoms with E-state index in [-0.39, 0.29) is 0 Å². The van der Waals surface area contributed by atoms with Gasteiger partial charge in [-0.25, -0.2) is 0 Å². The highest BCUT2D eigenvalue weighted by atomic mass is 16.5. The van der Waals surface area contributed by atoms with Crippen LogP contribution in [0.5, 0.6) is 0 Å². The van der Waals surface area contributed by atoms with E-state index in [2.05, 4.69) is 37.4 Å². The van der Waals surface area contributed by atoms with E-state index >= 15 is 0 Å². The van der Waals surface area contributed by atoms with Gasteiger partial charge in [-0.05, 0) is 55.3 Å². The predicted molar refractivity (Wildman–Crippen MR) is 92.1 cm³/mol. The third-order valence-electron chi connectivity index (χ3n) is 4.08. The van der Waals surface area contributed by atoms with Crippen LogP contribution in [0.1, 0.15) is 56.2 Å². The van der Waals surface area contributed by atoms with Crippen molar-refractivity contribution in [3.63, 3.8) is 0 Å². The van der Waals surface area contributed by atoms with Crippen LogP contribution in [0, 0.1) is 0 Å². The minimum absolute atomic E-state index is 0.813. The lowest BCUT2D eigenvalue weighted by molar-refractivity contribution is 0.199. The Bertz CT molecular complexity index is 376. The van der Waals surface area contributed by atoms with Crippen molar-refractivity contribution in [1.29, 1.82) is 0 Å². The van der Waals surface area contributed by atoms with Crippen LogP contribution in [0.4, 0.5) is 0 Å². The van der Waals surface area contributed by atoms with Gasteiger partial charge < -0.3 is 10.1 Å². The zero-order chi connectivity index (χ0) is 15.3. The van der Waals surface area contributed by atoms with E-state index in [0.717, 1.165) is 32.5 Å². The zero-order valence-electron chi connectivity index (χ0n) is 14.2. The molecule has 1 aromatic carbocycles. The van der Waals surface area contributed by atoms with E-state index in [1.165, 1.54) is 48.8 Å². The SMILES string of the molecule is CCc1ccc(CCCCCCNCCOC)cc1CC. The van der Waals surface area contributed by atoms with Crippen molar-refractivity contribution < 1.29 is 4.74 Å². The van der Waals surface area contributed by atoms with Gasteiger partial charge in [0.05, 0.1) is 6.61 Å². The number of nitrogens with one attached hydrogen (secondary N) is 1. The molecule has 1 N–H and O–H groups in total. The molecule has 1 rings (SSSR count). The highest BCUT2D eigenvalue weighted by Gasteiger charge is 2.01. The van der Waals surface area contributed by atoms with Gasteiger partial charge in [-0.2, -0.15) is 0 Å². The molecule has 0 aliphatic carbocycles. The second-order valence-electron chi connectivity index (χ2n) is 5.72. The minimum atomic E-state index is 0.813. The van der Waals surface area contributed by atoms with Gasteiger partial charge in [-0.15, -0.1) is 0 Å². The van der Waals surface area contributed by atoms with Crippen LogP contribution >= 0.6 is 0 Å². The number of ether oxygens (including phenoxy) is 1. The summed E-state index contributed by atoms with van der Waals surface area (Å²) in [5.41, 5.74) is 4.57. The topological polar surface area (TPSA) is 21.3 Å². The molecule has 0 spiro atoms. The Kier molecular flexibility index (Phi) is 10.2. The molecule has 2 heteroatoms. The Labute approximate surface area is 131 Å². The first-order valence-electron chi connectivity index (χ1n) is 8.62. The molecule has 0 aliphatic rings. The largest absolute Gasteiger partial charge is 0.383 e. The average Bonchev–Trinajstić information content (AvgIpc) is 2.53. The van der Waals surface area contributed by atoms with Crippen LogP contribution in [0.2, 0.25) is 0 Å². The molecular formula is C19H33NO. The number of unbranched alkanes of at least 4 members (excludes halogenated alkanes) is 3. The highest BCUT2D eigenvalue weighted by molar-refractivity contribution is 5.32. The number of hydrogen-bond donors (Lipinski definition) is 1. The van der Waals surface area contributed by atoms with E-state index in [0.29, 0.717) is 0 Å². The van der Waals surface area contributed by atoms with Gasteiger partial charge in [0.1, 0.15) is 0 Å². The Hall–Kier alpha value is -0.860. The van der Waals surface area contributed by atoms with Crippen molar-refractivity contribution >= 4 is 0 Å². The molecule has 0 bridgehead atoms. The minimum Gasteiger partial charge on any atom is -0.383 e. The average molecular weight is 291 g/mol. The molecule has 120 valence electrons. The van der Waals surface area contributed by atoms with Gasteiger partial charge in [0.15, 0.2) is 0 Å². The van der Waals surface area contributed by atoms with Gasteiger partial charge in [-0.3, -0.25) is 0 Å². The maximum atomic E-state index is 5.01. The number of hydrogen-bond acceptors (Lipinski definition) is 2. The van der Waals surface area contributed by atoms with Crippen LogP contribution in [0.3, 0.4) is 0 Å². The molecular weight excluding hydrogens is 258 g/mol. The maximum absolute atomic E-state index is 5.01. The quantitative estimate of drug-likeness (QED) is 0.584. The van der Waals surface area contributed by atoms with E-state index in [1.807, 2.05) is 0 Å². The molecule has 0 heterocycles. The van der Waals surface area contributed by atoms with Gasteiger partial charge in [0, 0.05) is 13.7 Å². The molecule has 0 amide bonds. The molecule has 1 aromatic rings. The summed E-state index contributed by atoms with van der Waals surface area (Å²) in [7, 11) is 1.75. The lowest BCUT2D eigenvalue weighted by Gasteiger charge is -2.09. The smallest absolute Gasteiger partial charge is 0.0587 e. The van der Waals surface area contributed by atoms with Crippen molar-refractivity contribution in [2.45, 2.75) is 58.8 Å². The van der Waals surface area contributed by atoms with Crippen molar-refractivity contribution in [2.75, 3.05) is 26.8 Å². The molecule has 0 saturated heterocycles. The summed E-state index contributed by atoms with van der Waals surface area (Å²) in [6, 6.07) is 7.07. The first-order chi connectivity index (χ1) is 10.3. The number of methoxy groups -OCH3 is 1. The Morgan fingerprint density at radius 3 is 2.38 bits per heavy atom. The fourth-order valence-electron chi connectivity index (χ4n) is 2.74. The van der Waals surface area contributed by atoms with Crippen LogP contribution < -0.4 is 5.32 Å². The van der Waals surface area contributed by atoms with Crippen molar-refractivity contribution in [2.24, 2.45) is 0 Å². The Morgan fingerprint density at radius 1 is 0.905 bits per heavy atom. The molecule has 0 fully saturated rings. The van der Waals surface area contributed by atoms with Crippen molar-refractivity contribution in [3.05, 3.63) is 34.9 Å². The Balaban J connectivity index is 2.12. The molecule has 2 nitrogen and oxygen atoms in total. The molecule has 0 radical (unpaired) electrons. The predicted octanol–water partition coefficient (Wildman–Crippen LogP) is 4.15. The third-order valence-corrected chi connectivity index (χ3v) is 4.08. The van der Waals surface area contributed by atoms with Crippen LogP contribution in [-0.4, -0.2) is 26.8 Å². The second kappa shape index (κ2) is 11.8. The lowest BCUT2D eigenvalue weighted by Crippen LogP contribution is -2.20. The van der Waals surface area contributed by atoms with Gasteiger partial charge in [0.25, 0.3) is 0 Å². The van der Waals surface area contributed by atoms with E-state index in [1.54, 1.807) is 7.11 Å². The standard InChI is InChI=1S/C19H33NO/c1-4-18-12-11-17(16-19(18)5-2)10-8-6-7-9-13-20-14-15-21-3/h11-12,16,20H,4-10,13-15H2,1-3H3. The first kappa shape index (κ1) is 18.2. The van der Waals surface area contributed by atoms with Gasteiger partial charge in [0.2, 0.25) is 0 Å². The lowest BCUT2D eigenvalue weighted by atomic mass is 9.97. The van der Waals surface area contributed by atoms with E-state index in [9.17, 15) is 0 Å². The highest BCUT2D eigenvalue weighted by Crippen LogP contribution is 2.16. The first-order valence-corrected chi connectivity index (χ1v) is 8.62. The molecule has 0 aliphatic heterocycles. The summed E-state index contributed by atoms with van der Waals surface area (Å²) in [5.74, 6) is 0. The maximum Gasteiger partial charge on any atom is 0.0587 e. The third kappa shape index (κ3) is 7.63. The van der Waals surface area contributed by atoms with Gasteiger partial charge in [-0.1, -0.05) is 44.9 Å². The summed E-state index contributed by atoms with van der Waals surface area (Å²) in [6.45, 7) is 7.41. The fourth-order valence-corrected chi connectivity index (χ4v) is 2.74. The van der Waals surface area contributed by atoms with Gasteiger partial charge >= 0.3 is 0 Å². The van der Waals surface area contributed by atoms with Crippen molar-refractivity contribution in [1.82, 2.24) is 5.32 Å². The number of rotatable bonds is 12. The van der Waals surface area contributed by atoms with Crippen molar-refractivity contribution in [3.8, 4) is 0 Å². The number of aryl methyl sites for hydroxylation is 3. The fraction of sp³-hybridized carbons (Fsp3) is 0.684. The van der Waals surface area contributed by atoms with Crippen LogP contribution in [-0.2, 0) is 24.0 Å². The molecule has 0 atom stereocenters. The number of benzene rings is 1. The summed E-state index contributed by atoms with van der Waals surface area (Å²) < 4.78 is 5.01. The second-order valence-corrected chi connectivity index (χ2v) is 5.72. The monoisotopic (exact) mass is 291 g/mol. The van der Waals surface area contributed by atoms with E-state index in [4.69, 9.17) is 4.74 Å². The van der Waals surface area contributed by atoms with Crippen LogP contribution in [0.25, 0.3) is 0 Å². The Morgan fingerprint density at radius 2 is 1.67 bits per heavy atom.